The number of nitrogens with zero attached hydrogens (tertiary/aromatic N) is 4. The second-order valence-corrected chi connectivity index (χ2v) is 8.83. The van der Waals surface area contributed by atoms with E-state index in [0.29, 0.717) is 30.2 Å². The minimum atomic E-state index is -3.71. The van der Waals surface area contributed by atoms with Crippen molar-refractivity contribution in [3.63, 3.8) is 0 Å². The molecule has 0 amide bonds. The minimum Gasteiger partial charge on any atom is -0.461 e. The summed E-state index contributed by atoms with van der Waals surface area (Å²) in [7, 11) is -3.71. The monoisotopic (exact) mass is 412 g/mol. The Kier molecular flexibility index (Phi) is 4.21. The molecule has 0 N–H and O–H groups in total. The maximum Gasteiger partial charge on any atom is 0.243 e. The van der Waals surface area contributed by atoms with Gasteiger partial charge in [0.2, 0.25) is 10.0 Å². The van der Waals surface area contributed by atoms with Gasteiger partial charge in [0, 0.05) is 19.3 Å². The molecule has 1 unspecified atom stereocenters. The molecular weight excluding hydrogens is 395 g/mol. The molecule has 0 aliphatic carbocycles. The Morgan fingerprint density at radius 2 is 1.93 bits per heavy atom. The highest BCUT2D eigenvalue weighted by molar-refractivity contribution is 7.89. The molecule has 5 rings (SSSR count). The van der Waals surface area contributed by atoms with Gasteiger partial charge in [-0.1, -0.05) is 0 Å². The van der Waals surface area contributed by atoms with Gasteiger partial charge in [-0.3, -0.25) is 0 Å². The van der Waals surface area contributed by atoms with E-state index < -0.39 is 15.8 Å². The van der Waals surface area contributed by atoms with Crippen LogP contribution < -0.4 is 0 Å². The summed E-state index contributed by atoms with van der Waals surface area (Å²) in [4.78, 5) is 9.20. The van der Waals surface area contributed by atoms with Gasteiger partial charge < -0.3 is 8.98 Å². The van der Waals surface area contributed by atoms with Crippen molar-refractivity contribution in [3.8, 4) is 11.6 Å². The number of furan rings is 1. The summed E-state index contributed by atoms with van der Waals surface area (Å²) in [6.45, 7) is 0.629. The smallest absolute Gasteiger partial charge is 0.243 e. The number of imidazole rings is 1. The van der Waals surface area contributed by atoms with Gasteiger partial charge in [-0.05, 0) is 55.0 Å². The Morgan fingerprint density at radius 3 is 2.69 bits per heavy atom. The van der Waals surface area contributed by atoms with Crippen LogP contribution in [0.3, 0.4) is 0 Å². The van der Waals surface area contributed by atoms with Gasteiger partial charge in [-0.2, -0.15) is 4.31 Å². The molecule has 1 saturated heterocycles. The molecule has 4 heterocycles. The summed E-state index contributed by atoms with van der Waals surface area (Å²) in [6.07, 6.45) is 3.87. The molecule has 1 aliphatic heterocycles. The molecule has 29 heavy (non-hydrogen) atoms. The van der Waals surface area contributed by atoms with Crippen molar-refractivity contribution in [2.45, 2.75) is 17.4 Å². The van der Waals surface area contributed by atoms with Crippen molar-refractivity contribution < 1.29 is 17.2 Å². The third-order valence-electron chi connectivity index (χ3n) is 5.13. The molecule has 0 radical (unpaired) electrons. The zero-order valence-electron chi connectivity index (χ0n) is 15.3. The first kappa shape index (κ1) is 18.0. The lowest BCUT2D eigenvalue weighted by atomic mass is 10.2. The van der Waals surface area contributed by atoms with Crippen molar-refractivity contribution in [1.29, 1.82) is 0 Å². The van der Waals surface area contributed by atoms with Gasteiger partial charge in [-0.25, -0.2) is 22.8 Å². The second kappa shape index (κ2) is 6.78. The van der Waals surface area contributed by atoms with E-state index >= 15 is 0 Å². The van der Waals surface area contributed by atoms with Crippen molar-refractivity contribution in [1.82, 2.24) is 18.8 Å². The summed E-state index contributed by atoms with van der Waals surface area (Å²) >= 11 is 0. The topological polar surface area (TPSA) is 81.2 Å². The van der Waals surface area contributed by atoms with Crippen LogP contribution in [0.1, 0.15) is 12.5 Å². The van der Waals surface area contributed by atoms with Crippen LogP contribution >= 0.6 is 0 Å². The number of hydrogen-bond acceptors (Lipinski definition) is 5. The van der Waals surface area contributed by atoms with Gasteiger partial charge in [0.1, 0.15) is 11.3 Å². The quantitative estimate of drug-likeness (QED) is 0.513. The first-order chi connectivity index (χ1) is 14.0. The Bertz CT molecular complexity index is 1270. The number of halogens is 1. The van der Waals surface area contributed by atoms with Crippen molar-refractivity contribution >= 4 is 21.2 Å². The molecule has 1 aliphatic rings. The second-order valence-electron chi connectivity index (χ2n) is 6.89. The zero-order valence-corrected chi connectivity index (χ0v) is 16.1. The third kappa shape index (κ3) is 3.02. The fourth-order valence-electron chi connectivity index (χ4n) is 3.75. The SMILES string of the molecule is O=S(=O)(c1ccc(F)cc1)N1CCC(n2c(-c3ccco3)nc3cccnc32)C1. The number of rotatable bonds is 4. The van der Waals surface area contributed by atoms with E-state index in [2.05, 4.69) is 9.97 Å². The standard InChI is InChI=1S/C20H17FN4O3S/c21-14-5-7-16(8-6-14)29(26,27)24-11-9-15(13-24)25-19-17(3-1-10-22-19)23-20(25)18-4-2-12-28-18/h1-8,10,12,15H,9,11,13H2. The van der Waals surface area contributed by atoms with Gasteiger partial charge in [-0.15, -0.1) is 0 Å². The van der Waals surface area contributed by atoms with Crippen LogP contribution in [-0.2, 0) is 10.0 Å². The summed E-state index contributed by atoms with van der Waals surface area (Å²) in [5.41, 5.74) is 1.41. The lowest BCUT2D eigenvalue weighted by molar-refractivity contribution is 0.453. The predicted molar refractivity (Wildman–Crippen MR) is 104 cm³/mol. The van der Waals surface area contributed by atoms with Crippen LogP contribution in [-0.4, -0.2) is 40.3 Å². The summed E-state index contributed by atoms with van der Waals surface area (Å²) in [5.74, 6) is 0.750. The van der Waals surface area contributed by atoms with E-state index in [9.17, 15) is 12.8 Å². The van der Waals surface area contributed by atoms with Crippen LogP contribution in [0, 0.1) is 5.82 Å². The molecule has 1 fully saturated rings. The lowest BCUT2D eigenvalue weighted by Gasteiger charge is -2.18. The molecule has 0 spiro atoms. The molecule has 0 bridgehead atoms. The van der Waals surface area contributed by atoms with Crippen molar-refractivity contribution in [2.75, 3.05) is 13.1 Å². The highest BCUT2D eigenvalue weighted by Crippen LogP contribution is 2.34. The molecule has 9 heteroatoms. The fraction of sp³-hybridized carbons (Fsp3) is 0.200. The van der Waals surface area contributed by atoms with E-state index in [1.807, 2.05) is 22.8 Å². The predicted octanol–water partition coefficient (Wildman–Crippen LogP) is 3.47. The number of benzene rings is 1. The molecule has 1 aromatic carbocycles. The summed E-state index contributed by atoms with van der Waals surface area (Å²) in [6, 6.07) is 12.0. The van der Waals surface area contributed by atoms with E-state index in [1.54, 1.807) is 18.5 Å². The molecule has 0 saturated carbocycles. The fourth-order valence-corrected chi connectivity index (χ4v) is 5.24. The number of aromatic nitrogens is 3. The zero-order chi connectivity index (χ0) is 20.0. The van der Waals surface area contributed by atoms with Crippen molar-refractivity contribution in [2.24, 2.45) is 0 Å². The van der Waals surface area contributed by atoms with Crippen LogP contribution in [0.4, 0.5) is 4.39 Å². The number of fused-ring (bicyclic) bond motifs is 1. The normalized spacial score (nSPS) is 17.9. The highest BCUT2D eigenvalue weighted by atomic mass is 32.2. The first-order valence-corrected chi connectivity index (χ1v) is 10.6. The lowest BCUT2D eigenvalue weighted by Crippen LogP contribution is -2.29. The average molecular weight is 412 g/mol. The molecule has 7 nitrogen and oxygen atoms in total. The summed E-state index contributed by atoms with van der Waals surface area (Å²) in [5, 5.41) is 0. The Labute approximate surface area is 166 Å². The minimum absolute atomic E-state index is 0.0828. The number of hydrogen-bond donors (Lipinski definition) is 0. The highest BCUT2D eigenvalue weighted by Gasteiger charge is 2.35. The van der Waals surface area contributed by atoms with Crippen LogP contribution in [0.25, 0.3) is 22.7 Å². The Morgan fingerprint density at radius 1 is 1.10 bits per heavy atom. The van der Waals surface area contributed by atoms with Crippen molar-refractivity contribution in [3.05, 3.63) is 66.8 Å². The van der Waals surface area contributed by atoms with E-state index in [0.717, 1.165) is 17.6 Å². The number of sulfonamides is 1. The molecule has 4 aromatic rings. The van der Waals surface area contributed by atoms with Crippen LogP contribution in [0.5, 0.6) is 0 Å². The maximum absolute atomic E-state index is 13.2. The van der Waals surface area contributed by atoms with Gasteiger partial charge in [0.05, 0.1) is 17.2 Å². The molecular formula is C20H17FN4O3S. The molecule has 1 atom stereocenters. The summed E-state index contributed by atoms with van der Waals surface area (Å²) < 4.78 is 48.1. The van der Waals surface area contributed by atoms with E-state index in [4.69, 9.17) is 4.42 Å². The molecule has 148 valence electrons. The van der Waals surface area contributed by atoms with E-state index in [-0.39, 0.29) is 17.5 Å². The van der Waals surface area contributed by atoms with E-state index in [1.165, 1.54) is 16.4 Å². The van der Waals surface area contributed by atoms with Gasteiger partial charge >= 0.3 is 0 Å². The van der Waals surface area contributed by atoms with Gasteiger partial charge in [0.25, 0.3) is 0 Å². The van der Waals surface area contributed by atoms with Crippen LogP contribution in [0.15, 0.2) is 70.3 Å². The Hall–Kier alpha value is -3.04. The number of pyridine rings is 1. The third-order valence-corrected chi connectivity index (χ3v) is 7.01. The van der Waals surface area contributed by atoms with Gasteiger partial charge in [0.15, 0.2) is 17.2 Å². The Balaban J connectivity index is 1.53. The largest absolute Gasteiger partial charge is 0.461 e. The average Bonchev–Trinajstić information content (AvgIpc) is 3.46. The van der Waals surface area contributed by atoms with Crippen LogP contribution in [0.2, 0.25) is 0 Å². The maximum atomic E-state index is 13.2. The first-order valence-electron chi connectivity index (χ1n) is 9.16. The molecule has 3 aromatic heterocycles.